The predicted octanol–water partition coefficient (Wildman–Crippen LogP) is 2.48. The second-order valence-electron chi connectivity index (χ2n) is 8.60. The van der Waals surface area contributed by atoms with Gasteiger partial charge in [-0.2, -0.15) is 0 Å². The van der Waals surface area contributed by atoms with Gasteiger partial charge < -0.3 is 25.6 Å². The minimum Gasteiger partial charge on any atom is -0.387 e. The number of halogens is 2. The monoisotopic (exact) mass is 543 g/mol. The molecule has 1 aliphatic heterocycles. The van der Waals surface area contributed by atoms with Crippen molar-refractivity contribution in [1.82, 2.24) is 29.8 Å². The molecule has 1 aliphatic rings. The second-order valence-corrected chi connectivity index (χ2v) is 9.45. The maximum Gasteiger partial charge on any atom is 0.251 e. The lowest BCUT2D eigenvalue weighted by Gasteiger charge is -2.17. The molecule has 5 rings (SSSR count). The van der Waals surface area contributed by atoms with E-state index in [2.05, 4.69) is 30.6 Å². The molecule has 0 bridgehead atoms. The Bertz CT molecular complexity index is 1480. The number of amides is 1. The maximum atomic E-state index is 12.1. The summed E-state index contributed by atoms with van der Waals surface area (Å²) in [5.74, 6) is 0.126. The summed E-state index contributed by atoms with van der Waals surface area (Å²) in [4.78, 5) is 30.0. The number of aliphatic hydroxyl groups is 2. The molecule has 1 fully saturated rings. The second kappa shape index (κ2) is 10.2. The van der Waals surface area contributed by atoms with Crippen molar-refractivity contribution >= 4 is 46.1 Å². The molecule has 1 aromatic carbocycles. The molecule has 3 aromatic heterocycles. The normalized spacial score (nSPS) is 21.4. The molecule has 37 heavy (non-hydrogen) atoms. The van der Waals surface area contributed by atoms with E-state index < -0.39 is 30.4 Å². The van der Waals surface area contributed by atoms with Crippen molar-refractivity contribution in [2.45, 2.75) is 38.0 Å². The lowest BCUT2D eigenvalue weighted by molar-refractivity contribution is -0.137. The van der Waals surface area contributed by atoms with Crippen molar-refractivity contribution in [2.75, 3.05) is 12.4 Å². The zero-order valence-corrected chi connectivity index (χ0v) is 21.3. The van der Waals surface area contributed by atoms with Gasteiger partial charge in [-0.3, -0.25) is 14.3 Å². The average molecular weight is 544 g/mol. The molecule has 0 unspecified atom stereocenters. The summed E-state index contributed by atoms with van der Waals surface area (Å²) in [6, 6.07) is 7.39. The third-order valence-electron chi connectivity index (χ3n) is 6.05. The minimum atomic E-state index is -1.44. The first kappa shape index (κ1) is 25.3. The number of imidazole rings is 1. The van der Waals surface area contributed by atoms with Crippen LogP contribution in [0.5, 0.6) is 0 Å². The lowest BCUT2D eigenvalue weighted by Crippen LogP contribution is -2.41. The summed E-state index contributed by atoms with van der Waals surface area (Å²) in [6.45, 7) is 2.33. The predicted molar refractivity (Wildman–Crippen MR) is 137 cm³/mol. The first-order valence-corrected chi connectivity index (χ1v) is 12.1. The minimum absolute atomic E-state index is 0.290. The highest BCUT2D eigenvalue weighted by molar-refractivity contribution is 6.31. The molecule has 1 amide bonds. The Morgan fingerprint density at radius 2 is 1.97 bits per heavy atom. The number of aliphatic hydroxyl groups excluding tert-OH is 2. The topological polar surface area (TPSA) is 147 Å². The largest absolute Gasteiger partial charge is 0.387 e. The number of aromatic nitrogens is 5. The zero-order valence-electron chi connectivity index (χ0n) is 19.8. The van der Waals surface area contributed by atoms with E-state index in [1.54, 1.807) is 12.3 Å². The van der Waals surface area contributed by atoms with Crippen molar-refractivity contribution in [2.24, 2.45) is 0 Å². The van der Waals surface area contributed by atoms with Gasteiger partial charge in [-0.25, -0.2) is 15.0 Å². The van der Waals surface area contributed by atoms with E-state index in [1.165, 1.54) is 24.1 Å². The van der Waals surface area contributed by atoms with Gasteiger partial charge in [-0.05, 0) is 24.6 Å². The van der Waals surface area contributed by atoms with Crippen LogP contribution in [-0.2, 0) is 16.1 Å². The number of nitrogens with zero attached hydrogens (tertiary/aromatic N) is 5. The van der Waals surface area contributed by atoms with E-state index >= 15 is 0 Å². The van der Waals surface area contributed by atoms with E-state index in [0.29, 0.717) is 39.1 Å². The summed E-state index contributed by atoms with van der Waals surface area (Å²) in [5.41, 5.74) is 3.16. The molecule has 4 heterocycles. The number of likely N-dealkylation sites (N-methyl/N-ethyl adjacent to an activating group) is 1. The van der Waals surface area contributed by atoms with Crippen LogP contribution in [0.2, 0.25) is 10.0 Å². The highest BCUT2D eigenvalue weighted by atomic mass is 35.5. The standard InChI is InChI=1S/C24H23Cl2N7O4/c1-11-3-4-15(26)12(5-11)8-29-21-16-22(32-20(31-21)13-6-14(25)9-28-7-13)33(10-30-16)24-18(35)17(34)19(37-24)23(36)27-2/h3-7,9-10,17-19,24,34-35H,8H2,1-2H3,(H,27,36)(H,29,31,32)/t17-,18+,19-,24+/m0/s1. The van der Waals surface area contributed by atoms with Gasteiger partial charge in [-0.15, -0.1) is 0 Å². The van der Waals surface area contributed by atoms with Gasteiger partial charge in [0, 0.05) is 36.6 Å². The lowest BCUT2D eigenvalue weighted by atomic mass is 10.1. The van der Waals surface area contributed by atoms with Crippen LogP contribution in [0.15, 0.2) is 43.0 Å². The number of carbonyl (C=O) groups is 1. The fraction of sp³-hybridized carbons (Fsp3) is 0.292. The number of fused-ring (bicyclic) bond motifs is 1. The van der Waals surface area contributed by atoms with Gasteiger partial charge in [0.15, 0.2) is 35.1 Å². The van der Waals surface area contributed by atoms with E-state index in [9.17, 15) is 15.0 Å². The molecule has 11 nitrogen and oxygen atoms in total. The number of benzene rings is 1. The number of hydrogen-bond acceptors (Lipinski definition) is 9. The van der Waals surface area contributed by atoms with Crippen LogP contribution in [-0.4, -0.2) is 66.0 Å². The van der Waals surface area contributed by atoms with Gasteiger partial charge in [0.1, 0.15) is 12.2 Å². The van der Waals surface area contributed by atoms with Crippen LogP contribution in [0.4, 0.5) is 5.82 Å². The Labute approximate surface area is 221 Å². The molecule has 0 saturated carbocycles. The molecule has 4 atom stereocenters. The number of rotatable bonds is 6. The number of carbonyl (C=O) groups excluding carboxylic acids is 1. The van der Waals surface area contributed by atoms with Crippen LogP contribution in [0, 0.1) is 6.92 Å². The maximum absolute atomic E-state index is 12.1. The van der Waals surface area contributed by atoms with Crippen molar-refractivity contribution in [3.8, 4) is 11.4 Å². The first-order valence-electron chi connectivity index (χ1n) is 11.3. The number of ether oxygens (including phenoxy) is 1. The molecule has 0 aliphatic carbocycles. The third-order valence-corrected chi connectivity index (χ3v) is 6.62. The summed E-state index contributed by atoms with van der Waals surface area (Å²) in [6.07, 6.45) is -0.757. The SMILES string of the molecule is CNC(=O)[C@H]1O[C@@H](n2cnc3c(NCc4cc(C)ccc4Cl)nc(-c4cncc(Cl)c4)nc32)[C@H](O)[C@@H]1O. The van der Waals surface area contributed by atoms with Crippen molar-refractivity contribution < 1.29 is 19.7 Å². The molecule has 4 aromatic rings. The summed E-state index contributed by atoms with van der Waals surface area (Å²) >= 11 is 12.5. The highest BCUT2D eigenvalue weighted by Gasteiger charge is 2.47. The van der Waals surface area contributed by atoms with Crippen molar-refractivity contribution in [3.63, 3.8) is 0 Å². The molecule has 1 saturated heterocycles. The number of anilines is 1. The van der Waals surface area contributed by atoms with Crippen molar-refractivity contribution in [1.29, 1.82) is 0 Å². The third kappa shape index (κ3) is 4.83. The van der Waals surface area contributed by atoms with Gasteiger partial charge in [-0.1, -0.05) is 40.9 Å². The van der Waals surface area contributed by atoms with Gasteiger partial charge in [0.25, 0.3) is 5.91 Å². The molecule has 0 radical (unpaired) electrons. The smallest absolute Gasteiger partial charge is 0.251 e. The van der Waals surface area contributed by atoms with Crippen LogP contribution in [0.3, 0.4) is 0 Å². The van der Waals surface area contributed by atoms with E-state index in [0.717, 1.165) is 11.1 Å². The fourth-order valence-electron chi connectivity index (χ4n) is 4.16. The molecule has 4 N–H and O–H groups in total. The number of nitrogens with one attached hydrogen (secondary N) is 2. The van der Waals surface area contributed by atoms with E-state index in [4.69, 9.17) is 27.9 Å². The highest BCUT2D eigenvalue weighted by Crippen LogP contribution is 2.34. The summed E-state index contributed by atoms with van der Waals surface area (Å²) in [7, 11) is 1.42. The Balaban J connectivity index is 1.59. The average Bonchev–Trinajstić information content (AvgIpc) is 3.44. The van der Waals surface area contributed by atoms with Crippen LogP contribution in [0.1, 0.15) is 17.4 Å². The van der Waals surface area contributed by atoms with Gasteiger partial charge in [0.05, 0.1) is 11.3 Å². The molecular formula is C24H23Cl2N7O4. The molecular weight excluding hydrogens is 521 g/mol. The first-order chi connectivity index (χ1) is 17.8. The summed E-state index contributed by atoms with van der Waals surface area (Å²) in [5, 5.41) is 27.8. The molecule has 192 valence electrons. The van der Waals surface area contributed by atoms with E-state index in [1.807, 2.05) is 25.1 Å². The Morgan fingerprint density at radius 3 is 2.73 bits per heavy atom. The number of aryl methyl sites for hydroxylation is 1. The van der Waals surface area contributed by atoms with Crippen LogP contribution in [0.25, 0.3) is 22.6 Å². The zero-order chi connectivity index (χ0) is 26.3. The number of hydrogen-bond donors (Lipinski definition) is 4. The van der Waals surface area contributed by atoms with E-state index in [-0.39, 0.29) is 5.82 Å². The molecule has 13 heteroatoms. The van der Waals surface area contributed by atoms with Gasteiger partial charge >= 0.3 is 0 Å². The Hall–Kier alpha value is -3.35. The quantitative estimate of drug-likeness (QED) is 0.287. The van der Waals surface area contributed by atoms with Crippen molar-refractivity contribution in [3.05, 3.63) is 64.2 Å². The fourth-order valence-corrected chi connectivity index (χ4v) is 4.51. The van der Waals surface area contributed by atoms with Gasteiger partial charge in [0.2, 0.25) is 0 Å². The van der Waals surface area contributed by atoms with Crippen LogP contribution >= 0.6 is 23.2 Å². The number of pyridine rings is 1. The summed E-state index contributed by atoms with van der Waals surface area (Å²) < 4.78 is 7.19. The molecule has 0 spiro atoms. The van der Waals surface area contributed by atoms with Crippen LogP contribution < -0.4 is 10.6 Å². The Kier molecular flexibility index (Phi) is 6.97. The Morgan fingerprint density at radius 1 is 1.16 bits per heavy atom.